The average molecular weight is 381 g/mol. The SMILES string of the molecule is CCNC(=O)CNC(=O)c1cccc(S(=O)(=O)NCc2cccs2)c1. The lowest BCUT2D eigenvalue weighted by Crippen LogP contribution is -2.36. The van der Waals surface area contributed by atoms with Crippen LogP contribution in [-0.2, 0) is 21.4 Å². The van der Waals surface area contributed by atoms with Crippen LogP contribution in [-0.4, -0.2) is 33.3 Å². The lowest BCUT2D eigenvalue weighted by Gasteiger charge is -2.08. The zero-order chi connectivity index (χ0) is 18.3. The van der Waals surface area contributed by atoms with E-state index in [0.717, 1.165) is 4.88 Å². The monoisotopic (exact) mass is 381 g/mol. The predicted octanol–water partition coefficient (Wildman–Crippen LogP) is 1.09. The van der Waals surface area contributed by atoms with E-state index in [1.807, 2.05) is 17.5 Å². The highest BCUT2D eigenvalue weighted by Gasteiger charge is 2.16. The van der Waals surface area contributed by atoms with E-state index in [2.05, 4.69) is 15.4 Å². The molecule has 1 heterocycles. The van der Waals surface area contributed by atoms with E-state index in [-0.39, 0.29) is 29.5 Å². The highest BCUT2D eigenvalue weighted by atomic mass is 32.2. The summed E-state index contributed by atoms with van der Waals surface area (Å²) in [6.45, 7) is 2.27. The van der Waals surface area contributed by atoms with Crippen molar-refractivity contribution in [2.24, 2.45) is 0 Å². The third kappa shape index (κ3) is 5.66. The molecule has 134 valence electrons. The van der Waals surface area contributed by atoms with E-state index in [9.17, 15) is 18.0 Å². The van der Waals surface area contributed by atoms with Crippen molar-refractivity contribution in [3.8, 4) is 0 Å². The number of hydrogen-bond donors (Lipinski definition) is 3. The van der Waals surface area contributed by atoms with Crippen LogP contribution in [0.25, 0.3) is 0 Å². The summed E-state index contributed by atoms with van der Waals surface area (Å²) in [5, 5.41) is 6.88. The first-order valence-electron chi connectivity index (χ1n) is 7.59. The van der Waals surface area contributed by atoms with Crippen LogP contribution in [0.2, 0.25) is 0 Å². The Balaban J connectivity index is 2.04. The average Bonchev–Trinajstić information content (AvgIpc) is 3.12. The molecule has 0 saturated carbocycles. The van der Waals surface area contributed by atoms with E-state index in [1.165, 1.54) is 35.6 Å². The highest BCUT2D eigenvalue weighted by Crippen LogP contribution is 2.14. The van der Waals surface area contributed by atoms with Gasteiger partial charge >= 0.3 is 0 Å². The molecule has 25 heavy (non-hydrogen) atoms. The van der Waals surface area contributed by atoms with Gasteiger partial charge in [-0.2, -0.15) is 0 Å². The molecule has 7 nitrogen and oxygen atoms in total. The molecule has 9 heteroatoms. The summed E-state index contributed by atoms with van der Waals surface area (Å²) in [6, 6.07) is 9.35. The molecule has 0 spiro atoms. The van der Waals surface area contributed by atoms with Gasteiger partial charge in [0.15, 0.2) is 0 Å². The van der Waals surface area contributed by atoms with Crippen LogP contribution in [0, 0.1) is 0 Å². The van der Waals surface area contributed by atoms with Gasteiger partial charge in [0, 0.05) is 23.5 Å². The zero-order valence-electron chi connectivity index (χ0n) is 13.6. The van der Waals surface area contributed by atoms with Crippen LogP contribution in [0.1, 0.15) is 22.2 Å². The first kappa shape index (κ1) is 19.1. The van der Waals surface area contributed by atoms with Gasteiger partial charge in [-0.05, 0) is 36.6 Å². The van der Waals surface area contributed by atoms with Crippen LogP contribution < -0.4 is 15.4 Å². The lowest BCUT2D eigenvalue weighted by molar-refractivity contribution is -0.120. The minimum Gasteiger partial charge on any atom is -0.355 e. The van der Waals surface area contributed by atoms with E-state index in [4.69, 9.17) is 0 Å². The van der Waals surface area contributed by atoms with Crippen molar-refractivity contribution in [1.29, 1.82) is 0 Å². The number of likely N-dealkylation sites (N-methyl/N-ethyl adjacent to an activating group) is 1. The molecule has 0 radical (unpaired) electrons. The number of thiophene rings is 1. The number of nitrogens with one attached hydrogen (secondary N) is 3. The minimum atomic E-state index is -3.73. The van der Waals surface area contributed by atoms with E-state index in [1.54, 1.807) is 6.92 Å². The maximum Gasteiger partial charge on any atom is 0.251 e. The zero-order valence-corrected chi connectivity index (χ0v) is 15.2. The summed E-state index contributed by atoms with van der Waals surface area (Å²) in [5.74, 6) is -0.821. The molecule has 2 amide bonds. The van der Waals surface area contributed by atoms with Gasteiger partial charge in [-0.15, -0.1) is 11.3 Å². The fraction of sp³-hybridized carbons (Fsp3) is 0.250. The molecule has 2 aromatic rings. The number of carbonyl (C=O) groups excluding carboxylic acids is 2. The molecule has 3 N–H and O–H groups in total. The lowest BCUT2D eigenvalue weighted by atomic mass is 10.2. The molecule has 1 aromatic carbocycles. The molecule has 0 bridgehead atoms. The summed E-state index contributed by atoms with van der Waals surface area (Å²) in [7, 11) is -3.73. The highest BCUT2D eigenvalue weighted by molar-refractivity contribution is 7.89. The fourth-order valence-corrected chi connectivity index (χ4v) is 3.78. The quantitative estimate of drug-likeness (QED) is 0.637. The van der Waals surface area contributed by atoms with E-state index in [0.29, 0.717) is 6.54 Å². The van der Waals surface area contributed by atoms with Crippen LogP contribution in [0.3, 0.4) is 0 Å². The Bertz CT molecular complexity index is 833. The second-order valence-corrected chi connectivity index (χ2v) is 7.87. The second-order valence-electron chi connectivity index (χ2n) is 5.07. The number of sulfonamides is 1. The number of carbonyl (C=O) groups is 2. The van der Waals surface area contributed by atoms with Crippen molar-refractivity contribution >= 4 is 33.2 Å². The van der Waals surface area contributed by atoms with Crippen molar-refractivity contribution < 1.29 is 18.0 Å². The van der Waals surface area contributed by atoms with E-state index < -0.39 is 15.9 Å². The molecule has 0 aliphatic rings. The molecule has 0 fully saturated rings. The Kier molecular flexibility index (Phi) is 6.68. The van der Waals surface area contributed by atoms with Crippen molar-refractivity contribution in [3.05, 3.63) is 52.2 Å². The molecule has 0 atom stereocenters. The number of hydrogen-bond acceptors (Lipinski definition) is 5. The molecule has 1 aromatic heterocycles. The summed E-state index contributed by atoms with van der Waals surface area (Å²) in [6.07, 6.45) is 0. The van der Waals surface area contributed by atoms with Gasteiger partial charge in [0.05, 0.1) is 11.4 Å². The first-order valence-corrected chi connectivity index (χ1v) is 9.95. The normalized spacial score (nSPS) is 11.1. The first-order chi connectivity index (χ1) is 11.9. The maximum absolute atomic E-state index is 12.4. The van der Waals surface area contributed by atoms with Gasteiger partial charge in [-0.1, -0.05) is 12.1 Å². The molecule has 0 aliphatic heterocycles. The smallest absolute Gasteiger partial charge is 0.251 e. The summed E-state index contributed by atoms with van der Waals surface area (Å²) < 4.78 is 27.2. The second kappa shape index (κ2) is 8.75. The number of amides is 2. The third-order valence-electron chi connectivity index (χ3n) is 3.21. The van der Waals surface area contributed by atoms with Crippen LogP contribution >= 0.6 is 11.3 Å². The van der Waals surface area contributed by atoms with Crippen molar-refractivity contribution in [1.82, 2.24) is 15.4 Å². The summed E-state index contributed by atoms with van der Waals surface area (Å²) in [5.41, 5.74) is 0.170. The predicted molar refractivity (Wildman–Crippen MR) is 95.8 cm³/mol. The third-order valence-corrected chi connectivity index (χ3v) is 5.48. The van der Waals surface area contributed by atoms with Crippen LogP contribution in [0.15, 0.2) is 46.7 Å². The topological polar surface area (TPSA) is 104 Å². The minimum absolute atomic E-state index is 0.00489. The molecule has 0 unspecified atom stereocenters. The summed E-state index contributed by atoms with van der Waals surface area (Å²) in [4.78, 5) is 24.3. The molecule has 0 aliphatic carbocycles. The molecule has 2 rings (SSSR count). The van der Waals surface area contributed by atoms with Gasteiger partial charge in [-0.3, -0.25) is 9.59 Å². The number of benzene rings is 1. The Labute approximate surface area is 150 Å². The van der Waals surface area contributed by atoms with Crippen molar-refractivity contribution in [2.45, 2.75) is 18.4 Å². The fourth-order valence-electron chi connectivity index (χ4n) is 1.99. The largest absolute Gasteiger partial charge is 0.355 e. The van der Waals surface area contributed by atoms with Crippen LogP contribution in [0.5, 0.6) is 0 Å². The van der Waals surface area contributed by atoms with Gasteiger partial charge < -0.3 is 10.6 Å². The molecule has 0 saturated heterocycles. The Morgan fingerprint density at radius 3 is 2.60 bits per heavy atom. The number of rotatable bonds is 8. The van der Waals surface area contributed by atoms with Crippen molar-refractivity contribution in [2.75, 3.05) is 13.1 Å². The van der Waals surface area contributed by atoms with Gasteiger partial charge in [0.25, 0.3) is 5.91 Å². The molecular formula is C16H19N3O4S2. The maximum atomic E-state index is 12.4. The van der Waals surface area contributed by atoms with Crippen molar-refractivity contribution in [3.63, 3.8) is 0 Å². The van der Waals surface area contributed by atoms with Gasteiger partial charge in [0.1, 0.15) is 0 Å². The van der Waals surface area contributed by atoms with Gasteiger partial charge in [-0.25, -0.2) is 13.1 Å². The summed E-state index contributed by atoms with van der Waals surface area (Å²) >= 11 is 1.45. The Morgan fingerprint density at radius 1 is 1.12 bits per heavy atom. The van der Waals surface area contributed by atoms with Crippen LogP contribution in [0.4, 0.5) is 0 Å². The van der Waals surface area contributed by atoms with Gasteiger partial charge in [0.2, 0.25) is 15.9 Å². The Hall–Kier alpha value is -2.23. The standard InChI is InChI=1S/C16H19N3O4S2/c1-2-17-15(20)11-18-16(21)12-5-3-7-14(9-12)25(22,23)19-10-13-6-4-8-24-13/h3-9,19H,2,10-11H2,1H3,(H,17,20)(H,18,21). The van der Waals surface area contributed by atoms with E-state index >= 15 is 0 Å². The molecular weight excluding hydrogens is 362 g/mol. The Morgan fingerprint density at radius 2 is 1.92 bits per heavy atom.